The molecule has 4 heteroatoms. The Morgan fingerprint density at radius 1 is 1.19 bits per heavy atom. The van der Waals surface area contributed by atoms with Crippen LogP contribution >= 0.6 is 11.3 Å². The molecule has 1 N–H and O–H groups in total. The van der Waals surface area contributed by atoms with Gasteiger partial charge in [-0.05, 0) is 37.4 Å². The van der Waals surface area contributed by atoms with Gasteiger partial charge in [0.05, 0.1) is 5.69 Å². The number of anilines is 1. The number of rotatable bonds is 4. The van der Waals surface area contributed by atoms with Gasteiger partial charge in [0, 0.05) is 24.5 Å². The number of nitrogens with zero attached hydrogens (tertiary/aromatic N) is 2. The topological polar surface area (TPSA) is 28.2 Å². The second-order valence-corrected chi connectivity index (χ2v) is 6.57. The van der Waals surface area contributed by atoms with Gasteiger partial charge in [0.15, 0.2) is 5.13 Å². The molecule has 0 amide bonds. The average Bonchev–Trinajstić information content (AvgIpc) is 2.79. The van der Waals surface area contributed by atoms with Crippen LogP contribution in [0, 0.1) is 0 Å². The quantitative estimate of drug-likeness (QED) is 0.941. The third-order valence-corrected chi connectivity index (χ3v) is 5.29. The van der Waals surface area contributed by atoms with E-state index in [-0.39, 0.29) is 0 Å². The molecular formula is C17H23N3S. The lowest BCUT2D eigenvalue weighted by molar-refractivity contribution is 0.793. The highest BCUT2D eigenvalue weighted by molar-refractivity contribution is 7.15. The predicted octanol–water partition coefficient (Wildman–Crippen LogP) is 3.03. The van der Waals surface area contributed by atoms with E-state index in [0.29, 0.717) is 0 Å². The van der Waals surface area contributed by atoms with Crippen LogP contribution in [0.3, 0.4) is 0 Å². The lowest BCUT2D eigenvalue weighted by Crippen LogP contribution is -2.25. The zero-order valence-electron chi connectivity index (χ0n) is 12.9. The van der Waals surface area contributed by atoms with Crippen molar-refractivity contribution in [3.8, 4) is 0 Å². The van der Waals surface area contributed by atoms with E-state index in [2.05, 4.69) is 41.4 Å². The van der Waals surface area contributed by atoms with Gasteiger partial charge in [-0.25, -0.2) is 4.98 Å². The molecule has 112 valence electrons. The maximum atomic E-state index is 4.88. The summed E-state index contributed by atoms with van der Waals surface area (Å²) in [6.07, 6.45) is 3.26. The summed E-state index contributed by atoms with van der Waals surface area (Å²) >= 11 is 1.86. The van der Waals surface area contributed by atoms with E-state index >= 15 is 0 Å². The molecule has 0 unspecified atom stereocenters. The maximum Gasteiger partial charge on any atom is 0.185 e. The van der Waals surface area contributed by atoms with Crippen LogP contribution in [-0.4, -0.2) is 25.1 Å². The van der Waals surface area contributed by atoms with Crippen LogP contribution in [0.4, 0.5) is 5.13 Å². The van der Waals surface area contributed by atoms with Crippen LogP contribution in [-0.2, 0) is 25.8 Å². The van der Waals surface area contributed by atoms with Crippen molar-refractivity contribution in [1.29, 1.82) is 0 Å². The summed E-state index contributed by atoms with van der Waals surface area (Å²) in [5, 5.41) is 4.45. The van der Waals surface area contributed by atoms with Crippen molar-refractivity contribution in [3.05, 3.63) is 46.0 Å². The summed E-state index contributed by atoms with van der Waals surface area (Å²) < 4.78 is 0. The normalized spacial score (nSPS) is 14.9. The molecule has 1 aromatic heterocycles. The smallest absolute Gasteiger partial charge is 0.185 e. The van der Waals surface area contributed by atoms with Crippen molar-refractivity contribution in [2.45, 2.75) is 32.7 Å². The summed E-state index contributed by atoms with van der Waals surface area (Å²) in [7, 11) is 2.00. The Bertz CT molecular complexity index is 579. The molecule has 0 spiro atoms. The minimum absolute atomic E-state index is 0.926. The number of hydrogen-bond acceptors (Lipinski definition) is 4. The highest BCUT2D eigenvalue weighted by Crippen LogP contribution is 2.28. The van der Waals surface area contributed by atoms with Crippen LogP contribution < -0.4 is 10.2 Å². The molecule has 0 saturated carbocycles. The molecule has 0 aliphatic carbocycles. The first-order valence-electron chi connectivity index (χ1n) is 7.76. The fourth-order valence-corrected chi connectivity index (χ4v) is 4.15. The zero-order valence-corrected chi connectivity index (χ0v) is 13.7. The van der Waals surface area contributed by atoms with Gasteiger partial charge in [0.2, 0.25) is 0 Å². The highest BCUT2D eigenvalue weighted by atomic mass is 32.1. The van der Waals surface area contributed by atoms with Gasteiger partial charge in [0.25, 0.3) is 0 Å². The molecule has 2 aromatic rings. The third-order valence-electron chi connectivity index (χ3n) is 4.13. The number of thiazole rings is 1. The zero-order chi connectivity index (χ0) is 14.7. The molecule has 21 heavy (non-hydrogen) atoms. The Balaban J connectivity index is 1.79. The fraction of sp³-hybridized carbons (Fsp3) is 0.471. The maximum absolute atomic E-state index is 4.88. The van der Waals surface area contributed by atoms with Gasteiger partial charge >= 0.3 is 0 Å². The predicted molar refractivity (Wildman–Crippen MR) is 90.3 cm³/mol. The molecule has 3 rings (SSSR count). The molecule has 0 fully saturated rings. The van der Waals surface area contributed by atoms with Gasteiger partial charge in [-0.3, -0.25) is 0 Å². The van der Waals surface area contributed by atoms with Crippen molar-refractivity contribution in [2.24, 2.45) is 0 Å². The Morgan fingerprint density at radius 3 is 2.43 bits per heavy atom. The van der Waals surface area contributed by atoms with Gasteiger partial charge in [0.1, 0.15) is 0 Å². The number of aromatic nitrogens is 1. The summed E-state index contributed by atoms with van der Waals surface area (Å²) in [5.74, 6) is 0. The second kappa shape index (κ2) is 6.58. The molecule has 3 nitrogen and oxygen atoms in total. The fourth-order valence-electron chi connectivity index (χ4n) is 2.94. The van der Waals surface area contributed by atoms with Crippen molar-refractivity contribution >= 4 is 16.5 Å². The molecular weight excluding hydrogens is 278 g/mol. The summed E-state index contributed by atoms with van der Waals surface area (Å²) in [5.41, 5.74) is 4.26. The monoisotopic (exact) mass is 301 g/mol. The van der Waals surface area contributed by atoms with Crippen molar-refractivity contribution in [3.63, 3.8) is 0 Å². The third kappa shape index (κ3) is 3.11. The molecule has 0 saturated heterocycles. The van der Waals surface area contributed by atoms with E-state index < -0.39 is 0 Å². The number of nitrogens with one attached hydrogen (secondary N) is 1. The first-order chi connectivity index (χ1) is 10.3. The molecule has 0 bridgehead atoms. The summed E-state index contributed by atoms with van der Waals surface area (Å²) in [6, 6.07) is 8.84. The number of aryl methyl sites for hydroxylation is 1. The van der Waals surface area contributed by atoms with E-state index in [0.717, 1.165) is 38.9 Å². The molecule has 2 heterocycles. The van der Waals surface area contributed by atoms with Crippen LogP contribution in [0.5, 0.6) is 0 Å². The van der Waals surface area contributed by atoms with Crippen LogP contribution in [0.1, 0.15) is 28.6 Å². The molecule has 0 radical (unpaired) electrons. The van der Waals surface area contributed by atoms with Crippen molar-refractivity contribution in [1.82, 2.24) is 10.3 Å². The molecule has 1 aliphatic heterocycles. The van der Waals surface area contributed by atoms with E-state index in [1.54, 1.807) is 0 Å². The molecule has 0 atom stereocenters. The number of benzene rings is 1. The Morgan fingerprint density at radius 2 is 1.86 bits per heavy atom. The van der Waals surface area contributed by atoms with Gasteiger partial charge in [-0.1, -0.05) is 31.2 Å². The molecule has 1 aromatic carbocycles. The van der Waals surface area contributed by atoms with E-state index in [9.17, 15) is 0 Å². The van der Waals surface area contributed by atoms with E-state index in [1.165, 1.54) is 26.8 Å². The first-order valence-corrected chi connectivity index (χ1v) is 8.58. The second-order valence-electron chi connectivity index (χ2n) is 5.51. The van der Waals surface area contributed by atoms with Crippen LogP contribution in [0.15, 0.2) is 24.3 Å². The lowest BCUT2D eigenvalue weighted by Gasteiger charge is -2.18. The Labute approximate surface area is 131 Å². The summed E-state index contributed by atoms with van der Waals surface area (Å²) in [6.45, 7) is 5.27. The largest absolute Gasteiger partial charge is 0.347 e. The van der Waals surface area contributed by atoms with Gasteiger partial charge in [-0.2, -0.15) is 0 Å². The van der Waals surface area contributed by atoms with Gasteiger partial charge in [-0.15, -0.1) is 11.3 Å². The van der Waals surface area contributed by atoms with E-state index in [4.69, 9.17) is 4.98 Å². The van der Waals surface area contributed by atoms with E-state index in [1.807, 2.05) is 18.4 Å². The summed E-state index contributed by atoms with van der Waals surface area (Å²) in [4.78, 5) is 8.73. The average molecular weight is 301 g/mol. The van der Waals surface area contributed by atoms with Gasteiger partial charge < -0.3 is 10.2 Å². The lowest BCUT2D eigenvalue weighted by atomic mass is 10.0. The Hall–Kier alpha value is -1.39. The first kappa shape index (κ1) is 14.5. The van der Waals surface area contributed by atoms with Crippen molar-refractivity contribution in [2.75, 3.05) is 25.0 Å². The number of hydrogen-bond donors (Lipinski definition) is 1. The van der Waals surface area contributed by atoms with Crippen LogP contribution in [0.25, 0.3) is 0 Å². The standard InChI is InChI=1S/C17H23N3S/c1-3-15-16(12-18-2)21-17(19-15)20-10-8-13-6-4-5-7-14(13)9-11-20/h4-7,18H,3,8-12H2,1-2H3. The minimum Gasteiger partial charge on any atom is -0.347 e. The Kier molecular flexibility index (Phi) is 4.56. The van der Waals surface area contributed by atoms with Crippen LogP contribution in [0.2, 0.25) is 0 Å². The van der Waals surface area contributed by atoms with Crippen molar-refractivity contribution < 1.29 is 0 Å². The minimum atomic E-state index is 0.926. The highest BCUT2D eigenvalue weighted by Gasteiger charge is 2.18. The number of fused-ring (bicyclic) bond motifs is 1. The molecule has 1 aliphatic rings. The SMILES string of the molecule is CCc1nc(N2CCc3ccccc3CC2)sc1CNC.